The van der Waals surface area contributed by atoms with Crippen molar-refractivity contribution in [1.29, 1.82) is 0 Å². The van der Waals surface area contributed by atoms with Crippen molar-refractivity contribution in [1.82, 2.24) is 10.6 Å². The van der Waals surface area contributed by atoms with Gasteiger partial charge in [0.25, 0.3) is 0 Å². The number of hydrogen-bond donors (Lipinski definition) is 2. The molecule has 0 heterocycles. The minimum atomic E-state index is 0. The highest BCUT2D eigenvalue weighted by molar-refractivity contribution is 14.0. The van der Waals surface area contributed by atoms with Crippen molar-refractivity contribution in [2.45, 2.75) is 33.2 Å². The highest BCUT2D eigenvalue weighted by Crippen LogP contribution is 2.18. The Balaban J connectivity index is 0.00000529. The van der Waals surface area contributed by atoms with Gasteiger partial charge in [0.15, 0.2) is 5.96 Å². The molecule has 1 aromatic rings. The summed E-state index contributed by atoms with van der Waals surface area (Å²) in [5, 5.41) is 6.67. The van der Waals surface area contributed by atoms with Crippen LogP contribution < -0.4 is 15.4 Å². The van der Waals surface area contributed by atoms with E-state index in [9.17, 15) is 0 Å². The molecule has 1 rings (SSSR count). The topological polar surface area (TPSA) is 54.9 Å². The van der Waals surface area contributed by atoms with Crippen molar-refractivity contribution in [2.24, 2.45) is 10.9 Å². The first-order valence-corrected chi connectivity index (χ1v) is 8.25. The van der Waals surface area contributed by atoms with Crippen molar-refractivity contribution >= 4 is 29.9 Å². The number of nitrogens with one attached hydrogen (secondary N) is 2. The lowest BCUT2D eigenvalue weighted by atomic mass is 10.1. The normalized spacial score (nSPS) is 12.5. The first-order valence-electron chi connectivity index (χ1n) is 8.25. The van der Waals surface area contributed by atoms with Crippen LogP contribution >= 0.6 is 24.0 Å². The van der Waals surface area contributed by atoms with Gasteiger partial charge in [0.1, 0.15) is 5.75 Å². The van der Waals surface area contributed by atoms with Crippen LogP contribution in [0.4, 0.5) is 0 Å². The number of ether oxygens (including phenoxy) is 2. The summed E-state index contributed by atoms with van der Waals surface area (Å²) in [5.74, 6) is 2.24. The molecule has 0 radical (unpaired) electrons. The third-order valence-corrected chi connectivity index (χ3v) is 3.36. The average molecular weight is 449 g/mol. The summed E-state index contributed by atoms with van der Waals surface area (Å²) >= 11 is 0. The standard InChI is InChI=1S/C18H31N3O2.HI/c1-14(2)13-23-17-9-7-16(8-10-17)15(3)21-18(19-4)20-11-6-12-22-5;/h7-10,14-15H,6,11-13H2,1-5H3,(H2,19,20,21);1H. The fraction of sp³-hybridized carbons (Fsp3) is 0.611. The number of nitrogens with zero attached hydrogens (tertiary/aromatic N) is 1. The minimum Gasteiger partial charge on any atom is -0.493 e. The lowest BCUT2D eigenvalue weighted by Gasteiger charge is -2.18. The number of hydrogen-bond acceptors (Lipinski definition) is 3. The summed E-state index contributed by atoms with van der Waals surface area (Å²) in [4.78, 5) is 4.25. The van der Waals surface area contributed by atoms with Gasteiger partial charge < -0.3 is 20.1 Å². The average Bonchev–Trinajstić information content (AvgIpc) is 2.56. The van der Waals surface area contributed by atoms with E-state index in [0.717, 1.165) is 37.9 Å². The quantitative estimate of drug-likeness (QED) is 0.262. The smallest absolute Gasteiger partial charge is 0.191 e. The first-order chi connectivity index (χ1) is 11.1. The van der Waals surface area contributed by atoms with Crippen molar-refractivity contribution in [3.8, 4) is 5.75 Å². The Morgan fingerprint density at radius 2 is 1.83 bits per heavy atom. The molecular formula is C18H32IN3O2. The van der Waals surface area contributed by atoms with Crippen LogP contribution in [-0.4, -0.2) is 39.9 Å². The molecule has 0 amide bonds. The molecule has 0 fully saturated rings. The summed E-state index contributed by atoms with van der Waals surface area (Å²) in [5.41, 5.74) is 1.20. The monoisotopic (exact) mass is 449 g/mol. The molecule has 0 bridgehead atoms. The number of aliphatic imine (C=N–C) groups is 1. The maximum Gasteiger partial charge on any atom is 0.191 e. The van der Waals surface area contributed by atoms with Crippen LogP contribution in [0.5, 0.6) is 5.75 Å². The molecule has 0 aliphatic heterocycles. The van der Waals surface area contributed by atoms with Gasteiger partial charge in [-0.05, 0) is 37.0 Å². The summed E-state index contributed by atoms with van der Waals surface area (Å²) in [6.45, 7) is 8.73. The number of methoxy groups -OCH3 is 1. The molecule has 1 aromatic carbocycles. The Labute approximate surface area is 163 Å². The van der Waals surface area contributed by atoms with E-state index in [1.807, 2.05) is 12.1 Å². The molecule has 6 heteroatoms. The molecule has 0 aromatic heterocycles. The van der Waals surface area contributed by atoms with Gasteiger partial charge in [0, 0.05) is 27.3 Å². The lowest BCUT2D eigenvalue weighted by molar-refractivity contribution is 0.195. The Morgan fingerprint density at radius 3 is 2.38 bits per heavy atom. The van der Waals surface area contributed by atoms with Crippen LogP contribution in [-0.2, 0) is 4.74 Å². The SMILES string of the molecule is CN=C(NCCCOC)NC(C)c1ccc(OCC(C)C)cc1.I. The maximum atomic E-state index is 5.71. The number of guanidine groups is 1. The van der Waals surface area contributed by atoms with Gasteiger partial charge in [-0.15, -0.1) is 24.0 Å². The molecule has 0 saturated heterocycles. The lowest BCUT2D eigenvalue weighted by Crippen LogP contribution is -2.39. The summed E-state index contributed by atoms with van der Waals surface area (Å²) in [6.07, 6.45) is 0.952. The Bertz CT molecular complexity index is 464. The predicted octanol–water partition coefficient (Wildman–Crippen LogP) is 3.60. The van der Waals surface area contributed by atoms with E-state index in [1.165, 1.54) is 5.56 Å². The summed E-state index contributed by atoms with van der Waals surface area (Å²) in [6, 6.07) is 8.38. The zero-order valence-corrected chi connectivity index (χ0v) is 17.8. The second kappa shape index (κ2) is 13.3. The van der Waals surface area contributed by atoms with Crippen LogP contribution in [0.2, 0.25) is 0 Å². The molecule has 2 N–H and O–H groups in total. The Hall–Kier alpha value is -1.02. The highest BCUT2D eigenvalue weighted by Gasteiger charge is 2.08. The van der Waals surface area contributed by atoms with Crippen molar-refractivity contribution in [2.75, 3.05) is 33.9 Å². The van der Waals surface area contributed by atoms with Crippen LogP contribution in [0.25, 0.3) is 0 Å². The molecule has 1 unspecified atom stereocenters. The predicted molar refractivity (Wildman–Crippen MR) is 112 cm³/mol. The molecule has 0 saturated carbocycles. The molecule has 138 valence electrons. The van der Waals surface area contributed by atoms with E-state index in [0.29, 0.717) is 5.92 Å². The maximum absolute atomic E-state index is 5.71. The van der Waals surface area contributed by atoms with E-state index in [2.05, 4.69) is 48.5 Å². The Kier molecular flexibility index (Phi) is 12.7. The van der Waals surface area contributed by atoms with Gasteiger partial charge in [-0.2, -0.15) is 0 Å². The van der Waals surface area contributed by atoms with Gasteiger partial charge >= 0.3 is 0 Å². The highest BCUT2D eigenvalue weighted by atomic mass is 127. The molecular weight excluding hydrogens is 417 g/mol. The molecule has 5 nitrogen and oxygen atoms in total. The second-order valence-electron chi connectivity index (χ2n) is 5.99. The summed E-state index contributed by atoms with van der Waals surface area (Å²) < 4.78 is 10.8. The van der Waals surface area contributed by atoms with Crippen molar-refractivity contribution < 1.29 is 9.47 Å². The molecule has 0 spiro atoms. The van der Waals surface area contributed by atoms with Crippen LogP contribution in [0.15, 0.2) is 29.3 Å². The fourth-order valence-electron chi connectivity index (χ4n) is 2.02. The zero-order chi connectivity index (χ0) is 17.1. The Morgan fingerprint density at radius 1 is 1.17 bits per heavy atom. The van der Waals surface area contributed by atoms with E-state index in [-0.39, 0.29) is 30.0 Å². The minimum absolute atomic E-state index is 0. The number of rotatable bonds is 9. The van der Waals surface area contributed by atoms with Gasteiger partial charge in [0.2, 0.25) is 0 Å². The molecule has 24 heavy (non-hydrogen) atoms. The van der Waals surface area contributed by atoms with Gasteiger partial charge in [0.05, 0.1) is 12.6 Å². The van der Waals surface area contributed by atoms with Crippen molar-refractivity contribution in [3.05, 3.63) is 29.8 Å². The van der Waals surface area contributed by atoms with Gasteiger partial charge in [-0.1, -0.05) is 26.0 Å². The van der Waals surface area contributed by atoms with Gasteiger partial charge in [-0.25, -0.2) is 0 Å². The van der Waals surface area contributed by atoms with Crippen molar-refractivity contribution in [3.63, 3.8) is 0 Å². The first kappa shape index (κ1) is 23.0. The van der Waals surface area contributed by atoms with E-state index in [1.54, 1.807) is 14.2 Å². The fourth-order valence-corrected chi connectivity index (χ4v) is 2.02. The van der Waals surface area contributed by atoms with E-state index < -0.39 is 0 Å². The summed E-state index contributed by atoms with van der Waals surface area (Å²) in [7, 11) is 3.49. The molecule has 0 aliphatic carbocycles. The third-order valence-electron chi connectivity index (χ3n) is 3.36. The second-order valence-corrected chi connectivity index (χ2v) is 5.99. The van der Waals surface area contributed by atoms with Crippen LogP contribution in [0, 0.1) is 5.92 Å². The molecule has 1 atom stereocenters. The van der Waals surface area contributed by atoms with Gasteiger partial charge in [-0.3, -0.25) is 4.99 Å². The van der Waals surface area contributed by atoms with Crippen LogP contribution in [0.1, 0.15) is 38.8 Å². The largest absolute Gasteiger partial charge is 0.493 e. The van der Waals surface area contributed by atoms with E-state index >= 15 is 0 Å². The molecule has 0 aliphatic rings. The zero-order valence-electron chi connectivity index (χ0n) is 15.5. The third kappa shape index (κ3) is 9.32. The number of halogens is 1. The number of benzene rings is 1. The van der Waals surface area contributed by atoms with E-state index in [4.69, 9.17) is 9.47 Å². The van der Waals surface area contributed by atoms with Crippen LogP contribution in [0.3, 0.4) is 0 Å².